The van der Waals surface area contributed by atoms with Crippen LogP contribution in [0.15, 0.2) is 126 Å². The molecule has 0 aromatic heterocycles. The smallest absolute Gasteiger partial charge is 0.338 e. The van der Waals surface area contributed by atoms with Crippen molar-refractivity contribution in [3.63, 3.8) is 0 Å². The van der Waals surface area contributed by atoms with Crippen molar-refractivity contribution < 1.29 is 33.3 Å². The molecule has 0 saturated carbocycles. The number of hydrogen-bond acceptors (Lipinski definition) is 8. The summed E-state index contributed by atoms with van der Waals surface area (Å²) in [4.78, 5) is 29.3. The Kier molecular flexibility index (Phi) is 10.5. The molecule has 0 aliphatic carbocycles. The molecule has 1 fully saturated rings. The zero-order chi connectivity index (χ0) is 33.4. The van der Waals surface area contributed by atoms with Crippen LogP contribution < -0.4 is 10.4 Å². The second kappa shape index (κ2) is 14.8. The van der Waals surface area contributed by atoms with Crippen LogP contribution in [0.25, 0.3) is 10.4 Å². The third-order valence-electron chi connectivity index (χ3n) is 8.18. The van der Waals surface area contributed by atoms with Gasteiger partial charge in [0.15, 0.2) is 6.29 Å². The van der Waals surface area contributed by atoms with Crippen molar-refractivity contribution in [2.45, 2.75) is 56.5 Å². The minimum Gasteiger partial charge on any atom is -0.459 e. The van der Waals surface area contributed by atoms with E-state index in [1.54, 1.807) is 60.7 Å². The third-order valence-corrected chi connectivity index (χ3v) is 13.2. The molecule has 4 aromatic carbocycles. The van der Waals surface area contributed by atoms with Gasteiger partial charge in [0, 0.05) is 4.91 Å². The van der Waals surface area contributed by atoms with Crippen molar-refractivity contribution in [1.82, 2.24) is 0 Å². The van der Waals surface area contributed by atoms with E-state index in [2.05, 4.69) is 30.8 Å². The van der Waals surface area contributed by atoms with Crippen LogP contribution in [-0.2, 0) is 18.6 Å². The van der Waals surface area contributed by atoms with Gasteiger partial charge in [-0.05, 0) is 45.2 Å². The molecule has 11 heteroatoms. The van der Waals surface area contributed by atoms with Gasteiger partial charge in [0.1, 0.15) is 31.0 Å². The van der Waals surface area contributed by atoms with E-state index >= 15 is 0 Å². The van der Waals surface area contributed by atoms with Crippen molar-refractivity contribution in [3.05, 3.63) is 143 Å². The molecular formula is C36H37N3O7Si. The zero-order valence-electron chi connectivity index (χ0n) is 26.4. The molecule has 47 heavy (non-hydrogen) atoms. The quantitative estimate of drug-likeness (QED) is 0.0795. The number of aliphatic hydroxyl groups is 1. The number of rotatable bonds is 10. The highest BCUT2D eigenvalue weighted by Gasteiger charge is 2.56. The highest BCUT2D eigenvalue weighted by molar-refractivity contribution is 6.99. The summed E-state index contributed by atoms with van der Waals surface area (Å²) < 4.78 is 25.0. The largest absolute Gasteiger partial charge is 0.459 e. The van der Waals surface area contributed by atoms with E-state index in [9.17, 15) is 20.2 Å². The van der Waals surface area contributed by atoms with Crippen molar-refractivity contribution in [3.8, 4) is 0 Å². The van der Waals surface area contributed by atoms with Crippen molar-refractivity contribution in [2.75, 3.05) is 6.61 Å². The van der Waals surface area contributed by atoms with Crippen molar-refractivity contribution in [1.29, 1.82) is 0 Å². The molecule has 242 valence electrons. The average Bonchev–Trinajstić information content (AvgIpc) is 3.09. The number of hydrogen-bond donors (Lipinski definition) is 1. The lowest BCUT2D eigenvalue weighted by Gasteiger charge is -2.49. The van der Waals surface area contributed by atoms with Gasteiger partial charge in [0.2, 0.25) is 0 Å². The van der Waals surface area contributed by atoms with Crippen LogP contribution in [0.5, 0.6) is 0 Å². The summed E-state index contributed by atoms with van der Waals surface area (Å²) in [7, 11) is -3.33. The first kappa shape index (κ1) is 33.6. The summed E-state index contributed by atoms with van der Waals surface area (Å²) in [6.45, 7) is 5.83. The summed E-state index contributed by atoms with van der Waals surface area (Å²) in [5.41, 5.74) is 10.3. The predicted octanol–water partition coefficient (Wildman–Crippen LogP) is 5.41. The lowest BCUT2D eigenvalue weighted by Crippen LogP contribution is -2.71. The monoisotopic (exact) mass is 651 g/mol. The van der Waals surface area contributed by atoms with Crippen LogP contribution in [-0.4, -0.2) is 62.6 Å². The first-order valence-electron chi connectivity index (χ1n) is 15.3. The number of nitrogens with zero attached hydrogens (tertiary/aromatic N) is 3. The fraction of sp³-hybridized carbons (Fsp3) is 0.278. The Bertz CT molecular complexity index is 1640. The van der Waals surface area contributed by atoms with E-state index in [0.29, 0.717) is 5.56 Å². The second-order valence-corrected chi connectivity index (χ2v) is 16.5. The van der Waals surface area contributed by atoms with Gasteiger partial charge < -0.3 is 23.7 Å². The lowest BCUT2D eigenvalue weighted by molar-refractivity contribution is -0.241. The average molecular weight is 652 g/mol. The Labute approximate surface area is 274 Å². The Hall–Kier alpha value is -4.77. The van der Waals surface area contributed by atoms with Crippen LogP contribution in [0.3, 0.4) is 0 Å². The topological polar surface area (TPSA) is 140 Å². The van der Waals surface area contributed by atoms with E-state index in [0.717, 1.165) is 10.4 Å². The highest BCUT2D eigenvalue weighted by atomic mass is 28.4. The van der Waals surface area contributed by atoms with E-state index in [1.807, 2.05) is 60.7 Å². The van der Waals surface area contributed by atoms with Crippen LogP contribution >= 0.6 is 0 Å². The summed E-state index contributed by atoms with van der Waals surface area (Å²) in [5.74, 6) is -1.36. The van der Waals surface area contributed by atoms with Gasteiger partial charge in [-0.1, -0.05) is 123 Å². The minimum atomic E-state index is -3.33. The molecular weight excluding hydrogens is 614 g/mol. The van der Waals surface area contributed by atoms with Crippen LogP contribution in [0.2, 0.25) is 5.04 Å². The number of azide groups is 1. The minimum absolute atomic E-state index is 0.238. The first-order chi connectivity index (χ1) is 22.7. The molecule has 1 heterocycles. The van der Waals surface area contributed by atoms with Crippen LogP contribution in [0.4, 0.5) is 0 Å². The Morgan fingerprint density at radius 1 is 0.809 bits per heavy atom. The molecule has 5 atom stereocenters. The molecule has 2 unspecified atom stereocenters. The molecule has 4 aromatic rings. The van der Waals surface area contributed by atoms with Gasteiger partial charge in [-0.2, -0.15) is 0 Å². The van der Waals surface area contributed by atoms with E-state index in [4.69, 9.17) is 18.6 Å². The number of esters is 2. The van der Waals surface area contributed by atoms with Crippen LogP contribution in [0, 0.1) is 0 Å². The van der Waals surface area contributed by atoms with Gasteiger partial charge in [0.25, 0.3) is 8.32 Å². The predicted molar refractivity (Wildman–Crippen MR) is 179 cm³/mol. The Morgan fingerprint density at radius 3 is 1.74 bits per heavy atom. The normalized spacial score (nSPS) is 21.2. The maximum atomic E-state index is 13.3. The van der Waals surface area contributed by atoms with Crippen molar-refractivity contribution in [2.24, 2.45) is 5.11 Å². The fourth-order valence-corrected chi connectivity index (χ4v) is 10.5. The standard InChI is InChI=1S/C36H37N3O7Si/c1-36(2,3)47(27-20-12-6-13-21-27,28-22-14-7-15-23-28)46-35-30(38-39-37)32(45-34(42)26-18-10-5-11-19-26)31(40)29(44-35)24-43-33(41)25-16-8-4-9-17-25/h4-23,29-32,35,40H,24H2,1-3H3/t29?,30?,31-,32+,35-/m0/s1. The number of carbonyl (C=O) groups excluding carboxylic acids is 2. The molecule has 1 saturated heterocycles. The molecule has 1 aliphatic rings. The highest BCUT2D eigenvalue weighted by Crippen LogP contribution is 2.40. The molecule has 0 bridgehead atoms. The van der Waals surface area contributed by atoms with E-state index < -0.39 is 62.5 Å². The third kappa shape index (κ3) is 7.30. The maximum Gasteiger partial charge on any atom is 0.338 e. The summed E-state index contributed by atoms with van der Waals surface area (Å²) in [6.07, 6.45) is -5.46. The molecule has 10 nitrogen and oxygen atoms in total. The van der Waals surface area contributed by atoms with Gasteiger partial charge >= 0.3 is 11.9 Å². The molecule has 1 N–H and O–H groups in total. The second-order valence-electron chi connectivity index (χ2n) is 12.2. The fourth-order valence-electron chi connectivity index (χ4n) is 5.90. The zero-order valence-corrected chi connectivity index (χ0v) is 27.4. The lowest BCUT2D eigenvalue weighted by atomic mass is 9.97. The number of aliphatic hydroxyl groups excluding tert-OH is 1. The summed E-state index contributed by atoms with van der Waals surface area (Å²) in [5, 5.41) is 16.9. The van der Waals surface area contributed by atoms with Crippen molar-refractivity contribution >= 4 is 30.6 Å². The Morgan fingerprint density at radius 2 is 1.28 bits per heavy atom. The Balaban J connectivity index is 1.58. The molecule has 0 spiro atoms. The van der Waals surface area contributed by atoms with Gasteiger partial charge in [-0.3, -0.25) is 0 Å². The summed E-state index contributed by atoms with van der Waals surface area (Å²) in [6, 6.07) is 34.9. The maximum absolute atomic E-state index is 13.3. The van der Waals surface area contributed by atoms with Crippen LogP contribution in [0.1, 0.15) is 41.5 Å². The van der Waals surface area contributed by atoms with Gasteiger partial charge in [-0.15, -0.1) is 0 Å². The summed E-state index contributed by atoms with van der Waals surface area (Å²) >= 11 is 0. The van der Waals surface area contributed by atoms with E-state index in [1.165, 1.54) is 0 Å². The molecule has 1 aliphatic heterocycles. The molecule has 0 amide bonds. The van der Waals surface area contributed by atoms with Gasteiger partial charge in [0.05, 0.1) is 11.1 Å². The molecule has 0 radical (unpaired) electrons. The van der Waals surface area contributed by atoms with Gasteiger partial charge in [-0.25, -0.2) is 9.59 Å². The SMILES string of the molecule is CC(C)(C)[Si](O[C@@H]1OC(COC(=O)c2ccccc2)[C@H](O)[C@H](OC(=O)c2ccccc2)C1N=[N+]=[N-])(c1ccccc1)c1ccccc1. The number of carbonyl (C=O) groups is 2. The van der Waals surface area contributed by atoms with E-state index in [-0.39, 0.29) is 5.56 Å². The number of ether oxygens (including phenoxy) is 3. The molecule has 5 rings (SSSR count). The number of benzene rings is 4. The first-order valence-corrected chi connectivity index (χ1v) is 17.2.